The molecule has 156 valence electrons. The number of hydrogen-bond donors (Lipinski definition) is 2. The maximum absolute atomic E-state index is 12.1. The number of nitrogens with one attached hydrogen (secondary N) is 2. The minimum absolute atomic E-state index is 0.0134. The lowest BCUT2D eigenvalue weighted by Gasteiger charge is -2.08. The fraction of sp³-hybridized carbons (Fsp3) is 0.0455. The van der Waals surface area contributed by atoms with Gasteiger partial charge in [0.15, 0.2) is 0 Å². The zero-order valence-corrected chi connectivity index (χ0v) is 16.4. The Morgan fingerprint density at radius 2 is 1.74 bits per heavy atom. The normalized spacial score (nSPS) is 10.5. The molecule has 0 saturated heterocycles. The summed E-state index contributed by atoms with van der Waals surface area (Å²) in [5.74, 6) is 0.312. The molecule has 0 atom stereocenters. The van der Waals surface area contributed by atoms with E-state index < -0.39 is 4.92 Å². The van der Waals surface area contributed by atoms with Gasteiger partial charge >= 0.3 is 0 Å². The van der Waals surface area contributed by atoms with E-state index >= 15 is 0 Å². The van der Waals surface area contributed by atoms with E-state index in [4.69, 9.17) is 4.74 Å². The number of pyridine rings is 1. The number of nitro benzene ring substituents is 1. The van der Waals surface area contributed by atoms with Crippen molar-refractivity contribution in [3.63, 3.8) is 0 Å². The lowest BCUT2D eigenvalue weighted by atomic mass is 10.2. The maximum Gasteiger partial charge on any atom is 0.269 e. The summed E-state index contributed by atoms with van der Waals surface area (Å²) >= 11 is 0. The molecule has 1 heterocycles. The molecule has 9 heteroatoms. The Morgan fingerprint density at radius 1 is 1.03 bits per heavy atom. The summed E-state index contributed by atoms with van der Waals surface area (Å²) in [6, 6.07) is 15.7. The van der Waals surface area contributed by atoms with Crippen LogP contribution in [0.5, 0.6) is 11.5 Å². The average molecular weight is 418 g/mol. The van der Waals surface area contributed by atoms with Crippen molar-refractivity contribution in [1.82, 2.24) is 10.3 Å². The Hall–Kier alpha value is -4.53. The number of benzene rings is 2. The summed E-state index contributed by atoms with van der Waals surface area (Å²) in [6.07, 6.45) is 4.37. The molecule has 0 unspecified atom stereocenters. The number of ether oxygens (including phenoxy) is 1. The maximum atomic E-state index is 12.1. The second kappa shape index (κ2) is 9.79. The van der Waals surface area contributed by atoms with E-state index in [-0.39, 0.29) is 23.2 Å². The Labute approximate surface area is 177 Å². The largest absolute Gasteiger partial charge is 0.457 e. The highest BCUT2D eigenvalue weighted by molar-refractivity contribution is 6.01. The second-order valence-electron chi connectivity index (χ2n) is 6.25. The number of rotatable bonds is 7. The minimum atomic E-state index is -0.483. The van der Waals surface area contributed by atoms with Crippen molar-refractivity contribution < 1.29 is 19.2 Å². The molecule has 0 spiro atoms. The number of hydrogen-bond acceptors (Lipinski definition) is 6. The van der Waals surface area contributed by atoms with E-state index in [1.807, 2.05) is 0 Å². The van der Waals surface area contributed by atoms with E-state index in [9.17, 15) is 19.7 Å². The van der Waals surface area contributed by atoms with Crippen LogP contribution in [0.15, 0.2) is 72.9 Å². The first-order chi connectivity index (χ1) is 14.9. The molecule has 0 aliphatic rings. The third-order valence-electron chi connectivity index (χ3n) is 4.08. The predicted octanol–water partition coefficient (Wildman–Crippen LogP) is 3.79. The van der Waals surface area contributed by atoms with Crippen LogP contribution in [0.25, 0.3) is 6.08 Å². The third-order valence-corrected chi connectivity index (χ3v) is 4.08. The van der Waals surface area contributed by atoms with Gasteiger partial charge in [0.25, 0.3) is 11.6 Å². The fourth-order valence-corrected chi connectivity index (χ4v) is 2.53. The monoisotopic (exact) mass is 418 g/mol. The van der Waals surface area contributed by atoms with E-state index in [0.29, 0.717) is 22.7 Å². The fourth-order valence-electron chi connectivity index (χ4n) is 2.53. The minimum Gasteiger partial charge on any atom is -0.457 e. The van der Waals surface area contributed by atoms with Crippen molar-refractivity contribution in [2.75, 3.05) is 12.4 Å². The number of amides is 2. The summed E-state index contributed by atoms with van der Waals surface area (Å²) in [6.45, 7) is 0. The Kier molecular flexibility index (Phi) is 6.69. The summed E-state index contributed by atoms with van der Waals surface area (Å²) in [5.41, 5.74) is 1.45. The first kappa shape index (κ1) is 21.2. The molecule has 2 amide bonds. The SMILES string of the molecule is CNC(=O)c1cc(Oc2ccc(NC(=O)/C=C/c3ccc([N+](=O)[O-])cc3)cc2)ccn1. The van der Waals surface area contributed by atoms with Gasteiger partial charge in [0.05, 0.1) is 4.92 Å². The van der Waals surface area contributed by atoms with Crippen molar-refractivity contribution in [3.8, 4) is 11.5 Å². The smallest absolute Gasteiger partial charge is 0.269 e. The number of aromatic nitrogens is 1. The lowest BCUT2D eigenvalue weighted by Crippen LogP contribution is -2.18. The van der Waals surface area contributed by atoms with Crippen LogP contribution in [-0.4, -0.2) is 28.8 Å². The van der Waals surface area contributed by atoms with Crippen LogP contribution in [-0.2, 0) is 4.79 Å². The molecule has 31 heavy (non-hydrogen) atoms. The molecule has 9 nitrogen and oxygen atoms in total. The van der Waals surface area contributed by atoms with E-state index in [2.05, 4.69) is 15.6 Å². The molecule has 1 aromatic heterocycles. The second-order valence-corrected chi connectivity index (χ2v) is 6.25. The molecule has 0 aliphatic carbocycles. The van der Waals surface area contributed by atoms with Gasteiger partial charge < -0.3 is 15.4 Å². The van der Waals surface area contributed by atoms with E-state index in [1.165, 1.54) is 37.5 Å². The van der Waals surface area contributed by atoms with E-state index in [0.717, 1.165) is 0 Å². The number of carbonyl (C=O) groups excluding carboxylic acids is 2. The van der Waals surface area contributed by atoms with Crippen LogP contribution in [0.3, 0.4) is 0 Å². The standard InChI is InChI=1S/C22H18N4O5/c1-23-22(28)20-14-19(12-13-24-20)31-18-9-5-16(6-10-18)25-21(27)11-4-15-2-7-17(8-3-15)26(29)30/h2-14H,1H3,(H,23,28)(H,25,27)/b11-4+. The van der Waals surface area contributed by atoms with Crippen LogP contribution in [0, 0.1) is 10.1 Å². The van der Waals surface area contributed by atoms with Crippen LogP contribution in [0.1, 0.15) is 16.1 Å². The van der Waals surface area contributed by atoms with Crippen LogP contribution in [0.4, 0.5) is 11.4 Å². The lowest BCUT2D eigenvalue weighted by molar-refractivity contribution is -0.384. The zero-order valence-electron chi connectivity index (χ0n) is 16.4. The van der Waals surface area contributed by atoms with Gasteiger partial charge in [0.2, 0.25) is 5.91 Å². The van der Waals surface area contributed by atoms with Crippen LogP contribution >= 0.6 is 0 Å². The molecule has 0 fully saturated rings. The average Bonchev–Trinajstić information content (AvgIpc) is 2.79. The topological polar surface area (TPSA) is 123 Å². The quantitative estimate of drug-likeness (QED) is 0.342. The van der Waals surface area contributed by atoms with Gasteiger partial charge in [-0.25, -0.2) is 0 Å². The number of carbonyl (C=O) groups is 2. The Balaban J connectivity index is 1.58. The zero-order chi connectivity index (χ0) is 22.2. The summed E-state index contributed by atoms with van der Waals surface area (Å²) in [7, 11) is 1.52. The van der Waals surface area contributed by atoms with Crippen molar-refractivity contribution in [2.24, 2.45) is 0 Å². The molecule has 0 radical (unpaired) electrons. The number of non-ortho nitro benzene ring substituents is 1. The van der Waals surface area contributed by atoms with Crippen LogP contribution < -0.4 is 15.4 Å². The van der Waals surface area contributed by atoms with Crippen molar-refractivity contribution >= 4 is 29.3 Å². The molecule has 0 saturated carbocycles. The van der Waals surface area contributed by atoms with Gasteiger partial charge in [-0.1, -0.05) is 0 Å². The molecule has 3 rings (SSSR count). The highest BCUT2D eigenvalue weighted by Gasteiger charge is 2.07. The van der Waals surface area contributed by atoms with E-state index in [1.54, 1.807) is 48.5 Å². The summed E-state index contributed by atoms with van der Waals surface area (Å²) in [5, 5.41) is 15.9. The van der Waals surface area contributed by atoms with Gasteiger partial charge in [0.1, 0.15) is 17.2 Å². The van der Waals surface area contributed by atoms with Gasteiger partial charge in [-0.15, -0.1) is 0 Å². The molecular formula is C22H18N4O5. The molecular weight excluding hydrogens is 400 g/mol. The first-order valence-electron chi connectivity index (χ1n) is 9.14. The van der Waals surface area contributed by atoms with Crippen molar-refractivity contribution in [2.45, 2.75) is 0 Å². The van der Waals surface area contributed by atoms with Crippen LogP contribution in [0.2, 0.25) is 0 Å². The Morgan fingerprint density at radius 3 is 2.39 bits per heavy atom. The summed E-state index contributed by atoms with van der Waals surface area (Å²) in [4.78, 5) is 37.9. The summed E-state index contributed by atoms with van der Waals surface area (Å²) < 4.78 is 5.71. The molecule has 2 aromatic carbocycles. The highest BCUT2D eigenvalue weighted by Crippen LogP contribution is 2.23. The van der Waals surface area contributed by atoms with Crippen molar-refractivity contribution in [1.29, 1.82) is 0 Å². The van der Waals surface area contributed by atoms with Gasteiger partial charge in [-0.05, 0) is 54.1 Å². The molecule has 0 aliphatic heterocycles. The highest BCUT2D eigenvalue weighted by atomic mass is 16.6. The third kappa shape index (κ3) is 5.97. The molecule has 3 aromatic rings. The van der Waals surface area contributed by atoms with Crippen molar-refractivity contribution in [3.05, 3.63) is 94.3 Å². The first-order valence-corrected chi connectivity index (χ1v) is 9.14. The number of anilines is 1. The van der Waals surface area contributed by atoms with Gasteiger partial charge in [-0.2, -0.15) is 0 Å². The van der Waals surface area contributed by atoms with Gasteiger partial charge in [0, 0.05) is 43.2 Å². The Bertz CT molecular complexity index is 1130. The molecule has 2 N–H and O–H groups in total. The molecule has 0 bridgehead atoms. The van der Waals surface area contributed by atoms with Gasteiger partial charge in [-0.3, -0.25) is 24.7 Å². The number of nitrogens with zero attached hydrogens (tertiary/aromatic N) is 2. The number of nitro groups is 1. The predicted molar refractivity (Wildman–Crippen MR) is 115 cm³/mol.